The molecule has 9 nitrogen and oxygen atoms in total. The molecule has 0 saturated carbocycles. The number of hydrogen-bond donors (Lipinski definition) is 0. The molecule has 2 atom stereocenters. The molecule has 2 aromatic carbocycles. The quantitative estimate of drug-likeness (QED) is 0.544. The summed E-state index contributed by atoms with van der Waals surface area (Å²) < 4.78 is 5.32. The zero-order chi connectivity index (χ0) is 22.4. The van der Waals surface area contributed by atoms with E-state index in [0.717, 1.165) is 5.56 Å². The molecule has 32 heavy (non-hydrogen) atoms. The molecule has 1 saturated heterocycles. The van der Waals surface area contributed by atoms with Gasteiger partial charge in [0.2, 0.25) is 11.7 Å². The summed E-state index contributed by atoms with van der Waals surface area (Å²) in [4.78, 5) is 31.6. The Bertz CT molecular complexity index is 1220. The van der Waals surface area contributed by atoms with Gasteiger partial charge in [-0.05, 0) is 35.7 Å². The first-order valence-electron chi connectivity index (χ1n) is 10.2. The number of aromatic nitrogens is 2. The lowest BCUT2D eigenvalue weighted by Gasteiger charge is -2.19. The minimum atomic E-state index is -0.891. The highest BCUT2D eigenvalue weighted by molar-refractivity contribution is 6.33. The average Bonchev–Trinajstić information content (AvgIpc) is 3.47. The third-order valence-corrected chi connectivity index (χ3v) is 5.89. The molecule has 0 spiro atoms. The monoisotopic (exact) mass is 450 g/mol. The Morgan fingerprint density at radius 3 is 2.53 bits per heavy atom. The Labute approximate surface area is 188 Å². The van der Waals surface area contributed by atoms with Crippen molar-refractivity contribution < 1.29 is 14.1 Å². The molecule has 0 aliphatic carbocycles. The van der Waals surface area contributed by atoms with Crippen molar-refractivity contribution in [1.82, 2.24) is 15.1 Å². The number of imide groups is 1. The predicted octanol–water partition coefficient (Wildman–Crippen LogP) is 4.01. The SMILES string of the molecule is CC(C)c1ccc(N2C(=O)[C@@H]3[C@@H](N=NN3Cc3nc(-c4ccccc4Cl)no3)C2=O)cc1. The maximum atomic E-state index is 13.1. The summed E-state index contributed by atoms with van der Waals surface area (Å²) in [6.07, 6.45) is 0. The minimum absolute atomic E-state index is 0.0429. The lowest BCUT2D eigenvalue weighted by atomic mass is 10.0. The van der Waals surface area contributed by atoms with Crippen molar-refractivity contribution >= 4 is 29.1 Å². The summed E-state index contributed by atoms with van der Waals surface area (Å²) in [6.45, 7) is 4.21. The number of benzene rings is 2. The van der Waals surface area contributed by atoms with Gasteiger partial charge in [-0.2, -0.15) is 10.1 Å². The number of amides is 2. The molecule has 0 radical (unpaired) electrons. The zero-order valence-electron chi connectivity index (χ0n) is 17.3. The van der Waals surface area contributed by atoms with E-state index >= 15 is 0 Å². The van der Waals surface area contributed by atoms with E-state index in [4.69, 9.17) is 16.1 Å². The molecule has 3 heterocycles. The van der Waals surface area contributed by atoms with Crippen molar-refractivity contribution in [3.63, 3.8) is 0 Å². The number of carbonyl (C=O) groups is 2. The molecule has 2 aliphatic heterocycles. The number of rotatable bonds is 5. The van der Waals surface area contributed by atoms with Crippen LogP contribution in [0, 0.1) is 0 Å². The molecule has 0 bridgehead atoms. The lowest BCUT2D eigenvalue weighted by molar-refractivity contribution is -0.123. The summed E-state index contributed by atoms with van der Waals surface area (Å²) >= 11 is 6.19. The van der Waals surface area contributed by atoms with Crippen molar-refractivity contribution in [3.05, 3.63) is 65.0 Å². The molecule has 1 aromatic heterocycles. The second-order valence-corrected chi connectivity index (χ2v) is 8.35. The van der Waals surface area contributed by atoms with E-state index in [2.05, 4.69) is 34.3 Å². The van der Waals surface area contributed by atoms with Gasteiger partial charge in [0.15, 0.2) is 12.1 Å². The molecule has 0 N–H and O–H groups in total. The van der Waals surface area contributed by atoms with E-state index in [1.54, 1.807) is 24.3 Å². The van der Waals surface area contributed by atoms with Crippen LogP contribution in [-0.2, 0) is 16.1 Å². The van der Waals surface area contributed by atoms with Gasteiger partial charge in [0.25, 0.3) is 11.8 Å². The standard InChI is InChI=1S/C22H19ClN6O3/c1-12(2)13-7-9-14(10-8-13)29-21(30)18-19(22(29)31)28(27-25-18)11-17-24-20(26-32-17)15-5-3-4-6-16(15)23/h3-10,12,18-19H,11H2,1-2H3/t18-,19+/m1/s1. The van der Waals surface area contributed by atoms with Gasteiger partial charge in [0.1, 0.15) is 6.54 Å². The van der Waals surface area contributed by atoms with Crippen LogP contribution in [0.5, 0.6) is 0 Å². The zero-order valence-corrected chi connectivity index (χ0v) is 18.1. The summed E-state index contributed by atoms with van der Waals surface area (Å²) in [5.41, 5.74) is 2.28. The van der Waals surface area contributed by atoms with Crippen LogP contribution in [0.15, 0.2) is 63.4 Å². The Morgan fingerprint density at radius 1 is 1.06 bits per heavy atom. The summed E-state index contributed by atoms with van der Waals surface area (Å²) in [5, 5.41) is 13.9. The van der Waals surface area contributed by atoms with Gasteiger partial charge in [-0.15, -0.1) is 0 Å². The molecule has 2 aliphatic rings. The molecule has 3 aromatic rings. The Kier molecular flexibility index (Phi) is 4.97. The maximum absolute atomic E-state index is 13.1. The van der Waals surface area contributed by atoms with Crippen LogP contribution in [0.2, 0.25) is 5.02 Å². The molecule has 162 valence electrons. The van der Waals surface area contributed by atoms with Crippen LogP contribution < -0.4 is 4.90 Å². The van der Waals surface area contributed by atoms with Crippen molar-refractivity contribution in [3.8, 4) is 11.4 Å². The minimum Gasteiger partial charge on any atom is -0.337 e. The molecule has 0 unspecified atom stereocenters. The third-order valence-electron chi connectivity index (χ3n) is 5.56. The number of carbonyl (C=O) groups excluding carboxylic acids is 2. The largest absolute Gasteiger partial charge is 0.337 e. The first-order valence-corrected chi connectivity index (χ1v) is 10.5. The summed E-state index contributed by atoms with van der Waals surface area (Å²) in [7, 11) is 0. The first-order chi connectivity index (χ1) is 15.4. The Hall–Kier alpha value is -3.59. The van der Waals surface area contributed by atoms with Gasteiger partial charge in [-0.3, -0.25) is 14.6 Å². The van der Waals surface area contributed by atoms with Crippen molar-refractivity contribution in [2.24, 2.45) is 10.3 Å². The highest BCUT2D eigenvalue weighted by Crippen LogP contribution is 2.33. The first kappa shape index (κ1) is 20.3. The van der Waals surface area contributed by atoms with Gasteiger partial charge >= 0.3 is 0 Å². The molecular formula is C22H19ClN6O3. The summed E-state index contributed by atoms with van der Waals surface area (Å²) in [5.74, 6) is 0.139. The van der Waals surface area contributed by atoms with E-state index in [-0.39, 0.29) is 18.3 Å². The number of anilines is 1. The smallest absolute Gasteiger partial charge is 0.263 e. The van der Waals surface area contributed by atoms with Crippen LogP contribution in [-0.4, -0.2) is 39.0 Å². The Balaban J connectivity index is 1.35. The molecule has 10 heteroatoms. The number of fused-ring (bicyclic) bond motifs is 1. The van der Waals surface area contributed by atoms with Gasteiger partial charge in [0.05, 0.1) is 10.7 Å². The number of nitrogens with zero attached hydrogens (tertiary/aromatic N) is 6. The fraction of sp³-hybridized carbons (Fsp3) is 0.273. The molecular weight excluding hydrogens is 432 g/mol. The van der Waals surface area contributed by atoms with Crippen LogP contribution in [0.4, 0.5) is 5.69 Å². The fourth-order valence-corrected chi connectivity index (χ4v) is 4.05. The fourth-order valence-electron chi connectivity index (χ4n) is 3.83. The van der Waals surface area contributed by atoms with E-state index in [9.17, 15) is 9.59 Å². The highest BCUT2D eigenvalue weighted by Gasteiger charge is 2.55. The van der Waals surface area contributed by atoms with Crippen LogP contribution >= 0.6 is 11.6 Å². The van der Waals surface area contributed by atoms with Gasteiger partial charge in [-0.1, -0.05) is 60.1 Å². The van der Waals surface area contributed by atoms with E-state index in [1.807, 2.05) is 24.3 Å². The van der Waals surface area contributed by atoms with Crippen LogP contribution in [0.3, 0.4) is 0 Å². The molecule has 1 fully saturated rings. The summed E-state index contributed by atoms with van der Waals surface area (Å²) in [6, 6.07) is 12.8. The van der Waals surface area contributed by atoms with Crippen molar-refractivity contribution in [1.29, 1.82) is 0 Å². The lowest BCUT2D eigenvalue weighted by Crippen LogP contribution is -2.39. The second-order valence-electron chi connectivity index (χ2n) is 7.94. The van der Waals surface area contributed by atoms with Crippen LogP contribution in [0.25, 0.3) is 11.4 Å². The number of halogens is 1. The van der Waals surface area contributed by atoms with Crippen molar-refractivity contribution in [2.75, 3.05) is 4.90 Å². The van der Waals surface area contributed by atoms with Crippen LogP contribution in [0.1, 0.15) is 31.2 Å². The van der Waals surface area contributed by atoms with Gasteiger partial charge < -0.3 is 4.52 Å². The van der Waals surface area contributed by atoms with Crippen molar-refractivity contribution in [2.45, 2.75) is 38.4 Å². The maximum Gasteiger partial charge on any atom is 0.263 e. The third kappa shape index (κ3) is 3.34. The van der Waals surface area contributed by atoms with Gasteiger partial charge in [0, 0.05) is 5.56 Å². The molecule has 5 rings (SSSR count). The normalized spacial score (nSPS) is 20.0. The van der Waals surface area contributed by atoms with Gasteiger partial charge in [-0.25, -0.2) is 4.90 Å². The number of hydrogen-bond acceptors (Lipinski definition) is 8. The Morgan fingerprint density at radius 2 is 1.81 bits per heavy atom. The predicted molar refractivity (Wildman–Crippen MR) is 116 cm³/mol. The van der Waals surface area contributed by atoms with E-state index < -0.39 is 18.0 Å². The van der Waals surface area contributed by atoms with E-state index in [0.29, 0.717) is 28.0 Å². The topological polar surface area (TPSA) is 104 Å². The molecule has 2 amide bonds. The second kappa shape index (κ2) is 7.83. The van der Waals surface area contributed by atoms with E-state index in [1.165, 1.54) is 9.91 Å². The average molecular weight is 451 g/mol. The highest BCUT2D eigenvalue weighted by atomic mass is 35.5.